The van der Waals surface area contributed by atoms with Crippen LogP contribution in [-0.4, -0.2) is 67.0 Å². The predicted molar refractivity (Wildman–Crippen MR) is 114 cm³/mol. The topological polar surface area (TPSA) is 99.2 Å². The van der Waals surface area contributed by atoms with Gasteiger partial charge in [-0.2, -0.15) is 0 Å². The van der Waals surface area contributed by atoms with Crippen molar-refractivity contribution in [1.82, 2.24) is 15.2 Å². The molecule has 1 atom stereocenters. The number of nitrogens with one attached hydrogen (secondary N) is 2. The summed E-state index contributed by atoms with van der Waals surface area (Å²) in [4.78, 5) is 37.7. The van der Waals surface area contributed by atoms with Crippen molar-refractivity contribution in [3.05, 3.63) is 48.7 Å². The highest BCUT2D eigenvalue weighted by Crippen LogP contribution is 2.17. The summed E-state index contributed by atoms with van der Waals surface area (Å²) in [5, 5.41) is 5.61. The second-order valence-electron chi connectivity index (χ2n) is 7.10. The van der Waals surface area contributed by atoms with Crippen molar-refractivity contribution in [3.63, 3.8) is 0 Å². The fraction of sp³-hybridized carbons (Fsp3) is 0.333. The Labute approximate surface area is 174 Å². The molecular formula is C21H24N6O3. The number of ether oxygens (including phenoxy) is 1. The molecule has 0 unspecified atom stereocenters. The van der Waals surface area contributed by atoms with Crippen LogP contribution >= 0.6 is 0 Å². The van der Waals surface area contributed by atoms with Crippen molar-refractivity contribution in [1.29, 1.82) is 0 Å². The Bertz CT molecular complexity index is 924. The third kappa shape index (κ3) is 4.51. The minimum atomic E-state index is -0.716. The molecule has 156 valence electrons. The van der Waals surface area contributed by atoms with Gasteiger partial charge in [0.15, 0.2) is 0 Å². The largest absolute Gasteiger partial charge is 0.497 e. The molecule has 2 amide bonds. The van der Waals surface area contributed by atoms with E-state index in [1.807, 2.05) is 23.1 Å². The molecule has 2 N–H and O–H groups in total. The summed E-state index contributed by atoms with van der Waals surface area (Å²) in [7, 11) is 1.58. The first-order valence-electron chi connectivity index (χ1n) is 9.86. The van der Waals surface area contributed by atoms with E-state index < -0.39 is 6.04 Å². The lowest BCUT2D eigenvalue weighted by Crippen LogP contribution is -2.52. The average Bonchev–Trinajstić information content (AvgIpc) is 3.15. The Balaban J connectivity index is 1.31. The molecular weight excluding hydrogens is 384 g/mol. The van der Waals surface area contributed by atoms with Crippen molar-refractivity contribution in [2.75, 3.05) is 43.5 Å². The summed E-state index contributed by atoms with van der Waals surface area (Å²) in [6.07, 6.45) is 1.78. The van der Waals surface area contributed by atoms with Gasteiger partial charge >= 0.3 is 0 Å². The molecule has 1 aromatic heterocycles. The van der Waals surface area contributed by atoms with Gasteiger partial charge < -0.3 is 19.9 Å². The Hall–Kier alpha value is -3.62. The minimum Gasteiger partial charge on any atom is -0.497 e. The van der Waals surface area contributed by atoms with Crippen LogP contribution in [0.4, 0.5) is 11.5 Å². The van der Waals surface area contributed by atoms with Gasteiger partial charge in [-0.15, -0.1) is 0 Å². The highest BCUT2D eigenvalue weighted by molar-refractivity contribution is 6.07. The van der Waals surface area contributed by atoms with E-state index in [9.17, 15) is 9.59 Å². The molecule has 9 heteroatoms. The molecule has 0 aliphatic carbocycles. The molecule has 2 aromatic rings. The lowest BCUT2D eigenvalue weighted by molar-refractivity contribution is -0.123. The third-order valence-corrected chi connectivity index (χ3v) is 5.12. The number of guanidine groups is 1. The average molecular weight is 408 g/mol. The van der Waals surface area contributed by atoms with Crippen LogP contribution in [0, 0.1) is 0 Å². The number of carbonyl (C=O) groups excluding carboxylic acids is 2. The van der Waals surface area contributed by atoms with Gasteiger partial charge in [0.2, 0.25) is 11.9 Å². The van der Waals surface area contributed by atoms with Crippen LogP contribution in [0.1, 0.15) is 6.42 Å². The number of nitrogens with zero attached hydrogens (tertiary/aromatic N) is 4. The van der Waals surface area contributed by atoms with Gasteiger partial charge in [-0.05, 0) is 36.4 Å². The first-order valence-corrected chi connectivity index (χ1v) is 9.86. The molecule has 0 bridgehead atoms. The van der Waals surface area contributed by atoms with Gasteiger partial charge in [-0.25, -0.2) is 9.98 Å². The van der Waals surface area contributed by atoms with E-state index in [0.717, 1.165) is 32.0 Å². The summed E-state index contributed by atoms with van der Waals surface area (Å²) in [5.41, 5.74) is 0.647. The van der Waals surface area contributed by atoms with Gasteiger partial charge in [0.25, 0.3) is 5.91 Å². The summed E-state index contributed by atoms with van der Waals surface area (Å²) in [5.74, 6) is 1.69. The second kappa shape index (κ2) is 8.81. The van der Waals surface area contributed by atoms with Crippen LogP contribution in [0.3, 0.4) is 0 Å². The van der Waals surface area contributed by atoms with Gasteiger partial charge in [-0.3, -0.25) is 14.9 Å². The smallest absolute Gasteiger partial charge is 0.252 e. The molecule has 0 radical (unpaired) electrons. The maximum atomic E-state index is 12.3. The molecule has 0 saturated carbocycles. The lowest BCUT2D eigenvalue weighted by atomic mass is 10.2. The van der Waals surface area contributed by atoms with Crippen molar-refractivity contribution in [2.45, 2.75) is 12.5 Å². The Kier molecular flexibility index (Phi) is 5.78. The normalized spacial score (nSPS) is 18.6. The van der Waals surface area contributed by atoms with E-state index in [1.165, 1.54) is 0 Å². The summed E-state index contributed by atoms with van der Waals surface area (Å²) in [6.45, 7) is 3.02. The number of aliphatic imine (C=N–C) groups is 1. The van der Waals surface area contributed by atoms with Crippen LogP contribution in [0.2, 0.25) is 0 Å². The number of methoxy groups -OCH3 is 1. The van der Waals surface area contributed by atoms with E-state index in [4.69, 9.17) is 4.74 Å². The number of hydrogen-bond acceptors (Lipinski definition) is 7. The molecule has 9 nitrogen and oxygen atoms in total. The Morgan fingerprint density at radius 3 is 2.53 bits per heavy atom. The number of piperazine rings is 1. The zero-order chi connectivity index (χ0) is 20.9. The maximum Gasteiger partial charge on any atom is 0.252 e. The highest BCUT2D eigenvalue weighted by Gasteiger charge is 2.32. The Morgan fingerprint density at radius 1 is 1.13 bits per heavy atom. The highest BCUT2D eigenvalue weighted by atomic mass is 16.5. The number of amides is 2. The minimum absolute atomic E-state index is 0.00470. The molecule has 2 aliphatic heterocycles. The van der Waals surface area contributed by atoms with Crippen LogP contribution < -0.4 is 20.3 Å². The van der Waals surface area contributed by atoms with Crippen molar-refractivity contribution < 1.29 is 14.3 Å². The fourth-order valence-electron chi connectivity index (χ4n) is 3.48. The Morgan fingerprint density at radius 2 is 1.87 bits per heavy atom. The van der Waals surface area contributed by atoms with Crippen LogP contribution in [0.25, 0.3) is 0 Å². The van der Waals surface area contributed by atoms with Crippen LogP contribution in [0.15, 0.2) is 53.7 Å². The van der Waals surface area contributed by atoms with Gasteiger partial charge in [-0.1, -0.05) is 6.07 Å². The third-order valence-electron chi connectivity index (χ3n) is 5.12. The zero-order valence-electron chi connectivity index (χ0n) is 16.7. The molecule has 1 saturated heterocycles. The van der Waals surface area contributed by atoms with Crippen molar-refractivity contribution >= 4 is 29.3 Å². The van der Waals surface area contributed by atoms with Crippen LogP contribution in [0.5, 0.6) is 5.75 Å². The lowest BCUT2D eigenvalue weighted by Gasteiger charge is -2.36. The summed E-state index contributed by atoms with van der Waals surface area (Å²) < 4.78 is 5.10. The zero-order valence-corrected chi connectivity index (χ0v) is 16.7. The monoisotopic (exact) mass is 408 g/mol. The number of anilines is 2. The van der Waals surface area contributed by atoms with Gasteiger partial charge in [0.1, 0.15) is 17.6 Å². The van der Waals surface area contributed by atoms with Crippen molar-refractivity contribution in [3.8, 4) is 5.75 Å². The SMILES string of the molecule is COc1ccc(NC(=O)C[C@@H]2N=C(N3CCN(c4ccccn4)CC3)NC2=O)cc1. The first kappa shape index (κ1) is 19.7. The number of pyridine rings is 1. The van der Waals surface area contributed by atoms with E-state index >= 15 is 0 Å². The van der Waals surface area contributed by atoms with Gasteiger partial charge in [0.05, 0.1) is 13.5 Å². The molecule has 0 spiro atoms. The molecule has 1 fully saturated rings. The van der Waals surface area contributed by atoms with E-state index in [0.29, 0.717) is 17.4 Å². The summed E-state index contributed by atoms with van der Waals surface area (Å²) >= 11 is 0. The molecule has 1 aromatic carbocycles. The molecule has 4 rings (SSSR count). The molecule has 30 heavy (non-hydrogen) atoms. The number of aromatic nitrogens is 1. The number of hydrogen-bond donors (Lipinski definition) is 2. The summed E-state index contributed by atoms with van der Waals surface area (Å²) in [6, 6.07) is 12.2. The molecule has 3 heterocycles. The maximum absolute atomic E-state index is 12.3. The molecule has 2 aliphatic rings. The number of carbonyl (C=O) groups is 2. The second-order valence-corrected chi connectivity index (χ2v) is 7.10. The number of benzene rings is 1. The fourth-order valence-corrected chi connectivity index (χ4v) is 3.48. The van der Waals surface area contributed by atoms with Crippen molar-refractivity contribution in [2.24, 2.45) is 4.99 Å². The van der Waals surface area contributed by atoms with Crippen LogP contribution in [-0.2, 0) is 9.59 Å². The standard InChI is InChI=1S/C21H24N6O3/c1-30-16-7-5-15(6-8-16)23-19(28)14-17-20(29)25-21(24-17)27-12-10-26(11-13-27)18-4-2-3-9-22-18/h2-9,17H,10-14H2,1H3,(H,23,28)(H,24,25,29)/t17-/m0/s1. The predicted octanol–water partition coefficient (Wildman–Crippen LogP) is 1.10. The van der Waals surface area contributed by atoms with E-state index in [2.05, 4.69) is 25.5 Å². The van der Waals surface area contributed by atoms with E-state index in [1.54, 1.807) is 37.6 Å². The van der Waals surface area contributed by atoms with E-state index in [-0.39, 0.29) is 18.2 Å². The number of rotatable bonds is 5. The van der Waals surface area contributed by atoms with Gasteiger partial charge in [0, 0.05) is 38.1 Å². The quantitative estimate of drug-likeness (QED) is 0.769. The first-order chi connectivity index (χ1) is 14.6.